The number of hydrogen-bond donors (Lipinski definition) is 4. The fourth-order valence-electron chi connectivity index (χ4n) is 9.84. The van der Waals surface area contributed by atoms with Gasteiger partial charge < -0.3 is 20.6 Å². The first kappa shape index (κ1) is 63.4. The fraction of sp³-hybridized carbons (Fsp3) is 0.983. The Morgan fingerprint density at radius 3 is 0.703 bits per heavy atom. The molecule has 0 aliphatic carbocycles. The molecule has 0 saturated carbocycles. The Morgan fingerprint density at radius 1 is 0.312 bits per heavy atom. The van der Waals surface area contributed by atoms with Crippen molar-refractivity contribution in [2.24, 2.45) is 0 Å². The van der Waals surface area contributed by atoms with Gasteiger partial charge in [-0.05, 0) is 12.8 Å². The van der Waals surface area contributed by atoms with Gasteiger partial charge >= 0.3 is 0 Å². The summed E-state index contributed by atoms with van der Waals surface area (Å²) in [5, 5.41) is 33.6. The lowest BCUT2D eigenvalue weighted by Gasteiger charge is -2.23. The van der Waals surface area contributed by atoms with Crippen molar-refractivity contribution in [2.45, 2.75) is 366 Å². The van der Waals surface area contributed by atoms with Crippen LogP contribution in [0, 0.1) is 0 Å². The van der Waals surface area contributed by atoms with Crippen molar-refractivity contribution in [3.63, 3.8) is 0 Å². The van der Waals surface area contributed by atoms with Crippen LogP contribution < -0.4 is 5.32 Å². The number of nitrogens with one attached hydrogen (secondary N) is 1. The molecular formula is C59H119NO4. The van der Waals surface area contributed by atoms with E-state index in [0.29, 0.717) is 12.8 Å². The maximum atomic E-state index is 12.6. The summed E-state index contributed by atoms with van der Waals surface area (Å²) in [6.45, 7) is 4.28. The quantitative estimate of drug-likeness (QED) is 0.0458. The summed E-state index contributed by atoms with van der Waals surface area (Å²) in [5.74, 6) is -0.461. The van der Waals surface area contributed by atoms with Crippen LogP contribution in [0.1, 0.15) is 348 Å². The number of hydrogen-bond acceptors (Lipinski definition) is 4. The van der Waals surface area contributed by atoms with Gasteiger partial charge in [0.2, 0.25) is 5.91 Å². The lowest BCUT2D eigenvalue weighted by atomic mass is 10.0. The highest BCUT2D eigenvalue weighted by Crippen LogP contribution is 2.19. The van der Waals surface area contributed by atoms with E-state index in [1.165, 1.54) is 289 Å². The molecule has 0 aromatic carbocycles. The molecule has 0 aliphatic rings. The summed E-state index contributed by atoms with van der Waals surface area (Å²) in [6, 6.07) is -0.708. The van der Waals surface area contributed by atoms with E-state index in [0.717, 1.165) is 32.1 Å². The summed E-state index contributed by atoms with van der Waals surface area (Å²) in [5.41, 5.74) is 0. The number of unbranched alkanes of at least 4 members (excludes halogenated alkanes) is 48. The molecule has 0 radical (unpaired) electrons. The zero-order valence-corrected chi connectivity index (χ0v) is 44.0. The van der Waals surface area contributed by atoms with Crippen molar-refractivity contribution >= 4 is 5.91 Å². The highest BCUT2D eigenvalue weighted by Gasteiger charge is 2.23. The van der Waals surface area contributed by atoms with Gasteiger partial charge in [0, 0.05) is 0 Å². The predicted octanol–water partition coefficient (Wildman–Crippen LogP) is 18.5. The average Bonchev–Trinajstić information content (AvgIpc) is 3.30. The minimum atomic E-state index is -1.07. The lowest BCUT2D eigenvalue weighted by molar-refractivity contribution is -0.131. The topological polar surface area (TPSA) is 89.8 Å². The Hall–Kier alpha value is -0.650. The highest BCUT2D eigenvalue weighted by atomic mass is 16.3. The third-order valence-corrected chi connectivity index (χ3v) is 14.5. The Balaban J connectivity index is 3.46. The Labute approximate surface area is 402 Å². The van der Waals surface area contributed by atoms with Crippen molar-refractivity contribution in [3.05, 3.63) is 0 Å². The van der Waals surface area contributed by atoms with Crippen LogP contribution >= 0.6 is 0 Å². The molecule has 0 fully saturated rings. The van der Waals surface area contributed by atoms with Crippen LogP contribution in [-0.4, -0.2) is 46.1 Å². The van der Waals surface area contributed by atoms with Crippen LogP contribution in [0.2, 0.25) is 0 Å². The maximum Gasteiger partial charge on any atom is 0.249 e. The van der Waals surface area contributed by atoms with Gasteiger partial charge in [-0.2, -0.15) is 0 Å². The molecule has 0 aliphatic heterocycles. The summed E-state index contributed by atoms with van der Waals surface area (Å²) in [7, 11) is 0. The number of aliphatic hydroxyl groups excluding tert-OH is 3. The zero-order valence-electron chi connectivity index (χ0n) is 44.0. The highest BCUT2D eigenvalue weighted by molar-refractivity contribution is 5.80. The van der Waals surface area contributed by atoms with Gasteiger partial charge in [0.15, 0.2) is 0 Å². The van der Waals surface area contributed by atoms with Gasteiger partial charge in [0.05, 0.1) is 18.8 Å². The first-order valence-corrected chi connectivity index (χ1v) is 29.8. The van der Waals surface area contributed by atoms with Gasteiger partial charge in [-0.25, -0.2) is 0 Å². The lowest BCUT2D eigenvalue weighted by Crippen LogP contribution is -2.49. The van der Waals surface area contributed by atoms with Crippen molar-refractivity contribution in [3.8, 4) is 0 Å². The predicted molar refractivity (Wildman–Crippen MR) is 282 cm³/mol. The molecule has 384 valence electrons. The van der Waals surface area contributed by atoms with Gasteiger partial charge in [-0.15, -0.1) is 0 Å². The molecule has 4 N–H and O–H groups in total. The van der Waals surface area contributed by atoms with Crippen molar-refractivity contribution in [1.82, 2.24) is 5.32 Å². The minimum absolute atomic E-state index is 0.307. The van der Waals surface area contributed by atoms with Crippen molar-refractivity contribution < 1.29 is 20.1 Å². The molecule has 3 unspecified atom stereocenters. The standard InChI is InChI=1S/C59H119NO4/c1-3-5-7-9-11-13-15-17-19-21-23-25-26-27-28-29-30-31-32-34-36-38-40-42-44-46-48-50-52-54-58(63)59(64)60-56(55-61)57(62)53-51-49-47-45-43-41-39-37-35-33-24-22-20-18-16-14-12-10-8-6-4-2/h56-58,61-63H,3-55H2,1-2H3,(H,60,64). The smallest absolute Gasteiger partial charge is 0.249 e. The molecule has 3 atom stereocenters. The number of aliphatic hydroxyl groups is 3. The molecule has 0 spiro atoms. The first-order chi connectivity index (χ1) is 31.6. The second kappa shape index (κ2) is 55.0. The number of carbonyl (C=O) groups is 1. The molecule has 0 aromatic rings. The molecule has 0 saturated heterocycles. The Kier molecular flexibility index (Phi) is 54.4. The first-order valence-electron chi connectivity index (χ1n) is 29.8. The van der Waals surface area contributed by atoms with Gasteiger partial charge in [-0.1, -0.05) is 335 Å². The number of rotatable bonds is 56. The Morgan fingerprint density at radius 2 is 0.500 bits per heavy atom. The van der Waals surface area contributed by atoms with Gasteiger partial charge in [0.25, 0.3) is 0 Å². The summed E-state index contributed by atoms with van der Waals surface area (Å²) in [6.07, 6.45) is 67.4. The molecule has 5 nitrogen and oxygen atoms in total. The summed E-state index contributed by atoms with van der Waals surface area (Å²) < 4.78 is 0. The zero-order chi connectivity index (χ0) is 46.5. The van der Waals surface area contributed by atoms with Crippen molar-refractivity contribution in [2.75, 3.05) is 6.61 Å². The SMILES string of the molecule is CCCCCCCCCCCCCCCCCCCCCCCCCCCCCCCC(O)C(=O)NC(CO)C(O)CCCCCCCCCCCCCCCCCCCCCCC. The van der Waals surface area contributed by atoms with Crippen LogP contribution in [0.4, 0.5) is 0 Å². The normalized spacial score (nSPS) is 13.1. The van der Waals surface area contributed by atoms with Crippen LogP contribution in [0.5, 0.6) is 0 Å². The molecule has 0 aromatic heterocycles. The molecule has 1 amide bonds. The van der Waals surface area contributed by atoms with E-state index in [4.69, 9.17) is 0 Å². The van der Waals surface area contributed by atoms with Crippen molar-refractivity contribution in [1.29, 1.82) is 0 Å². The minimum Gasteiger partial charge on any atom is -0.394 e. The fourth-order valence-corrected chi connectivity index (χ4v) is 9.84. The summed E-state index contributed by atoms with van der Waals surface area (Å²) in [4.78, 5) is 12.6. The van der Waals surface area contributed by atoms with E-state index >= 15 is 0 Å². The van der Waals surface area contributed by atoms with Gasteiger partial charge in [0.1, 0.15) is 6.10 Å². The average molecular weight is 907 g/mol. The third kappa shape index (κ3) is 49.3. The molecule has 0 heterocycles. The van der Waals surface area contributed by atoms with Crippen LogP contribution in [0.3, 0.4) is 0 Å². The molecule has 0 rings (SSSR count). The van der Waals surface area contributed by atoms with Crippen LogP contribution in [-0.2, 0) is 4.79 Å². The van der Waals surface area contributed by atoms with Crippen LogP contribution in [0.25, 0.3) is 0 Å². The maximum absolute atomic E-state index is 12.6. The second-order valence-electron chi connectivity index (χ2n) is 20.9. The Bertz CT molecular complexity index is 868. The molecular weight excluding hydrogens is 787 g/mol. The van der Waals surface area contributed by atoms with E-state index in [1.54, 1.807) is 0 Å². The molecule has 5 heteroatoms. The van der Waals surface area contributed by atoms with Gasteiger partial charge in [-0.3, -0.25) is 4.79 Å². The van der Waals surface area contributed by atoms with E-state index in [2.05, 4.69) is 19.2 Å². The van der Waals surface area contributed by atoms with E-state index < -0.39 is 24.2 Å². The second-order valence-corrected chi connectivity index (χ2v) is 20.9. The summed E-state index contributed by atoms with van der Waals surface area (Å²) >= 11 is 0. The van der Waals surface area contributed by atoms with E-state index in [1.807, 2.05) is 0 Å². The molecule has 0 bridgehead atoms. The number of carbonyl (C=O) groups excluding carboxylic acids is 1. The van der Waals surface area contributed by atoms with E-state index in [9.17, 15) is 20.1 Å². The van der Waals surface area contributed by atoms with E-state index in [-0.39, 0.29) is 6.61 Å². The molecule has 64 heavy (non-hydrogen) atoms. The van der Waals surface area contributed by atoms with Crippen LogP contribution in [0.15, 0.2) is 0 Å². The number of amides is 1. The monoisotopic (exact) mass is 906 g/mol. The largest absolute Gasteiger partial charge is 0.394 e. The third-order valence-electron chi connectivity index (χ3n) is 14.5.